The standard InChI is InChI=1S/C18H23Cl2N3O3/c1-4-14-16(17(24)26-5-2)15(23-18(25)22-14)9-21-10(3)12-7-6-11(19)8-13(12)20/h6-8,10,14,21H,4-5,9H2,1-3H3,(H2,22,23,25)/p+1/t10-,14-/m1/s1. The first-order valence-corrected chi connectivity index (χ1v) is 9.38. The van der Waals surface area contributed by atoms with Gasteiger partial charge in [0.1, 0.15) is 12.6 Å². The Labute approximate surface area is 163 Å². The molecule has 1 aromatic carbocycles. The minimum absolute atomic E-state index is 0.0163. The Morgan fingerprint density at radius 2 is 2.08 bits per heavy atom. The van der Waals surface area contributed by atoms with Crippen LogP contribution >= 0.6 is 23.2 Å². The quantitative estimate of drug-likeness (QED) is 0.614. The molecule has 0 bridgehead atoms. The zero-order chi connectivity index (χ0) is 19.3. The van der Waals surface area contributed by atoms with Crippen LogP contribution in [-0.2, 0) is 9.53 Å². The molecule has 1 aromatic rings. The molecule has 1 heterocycles. The van der Waals surface area contributed by atoms with Crippen LogP contribution in [0.4, 0.5) is 4.79 Å². The Bertz CT molecular complexity index is 722. The predicted molar refractivity (Wildman–Crippen MR) is 101 cm³/mol. The first-order valence-electron chi connectivity index (χ1n) is 8.63. The van der Waals surface area contributed by atoms with E-state index in [0.29, 0.717) is 34.3 Å². The number of rotatable bonds is 7. The van der Waals surface area contributed by atoms with Crippen molar-refractivity contribution in [3.63, 3.8) is 0 Å². The van der Waals surface area contributed by atoms with Crippen LogP contribution in [0, 0.1) is 0 Å². The summed E-state index contributed by atoms with van der Waals surface area (Å²) >= 11 is 12.2. The van der Waals surface area contributed by atoms with Crippen LogP contribution in [0.5, 0.6) is 0 Å². The topological polar surface area (TPSA) is 84.0 Å². The molecule has 0 saturated heterocycles. The number of esters is 1. The summed E-state index contributed by atoms with van der Waals surface area (Å²) in [6.45, 7) is 6.36. The molecule has 4 N–H and O–H groups in total. The van der Waals surface area contributed by atoms with Gasteiger partial charge in [-0.3, -0.25) is 0 Å². The lowest BCUT2D eigenvalue weighted by molar-refractivity contribution is -0.686. The predicted octanol–water partition coefficient (Wildman–Crippen LogP) is 2.53. The van der Waals surface area contributed by atoms with Gasteiger partial charge < -0.3 is 20.7 Å². The third-order valence-electron chi connectivity index (χ3n) is 4.28. The second-order valence-electron chi connectivity index (χ2n) is 6.07. The normalized spacial score (nSPS) is 18.2. The van der Waals surface area contributed by atoms with Crippen molar-refractivity contribution in [2.24, 2.45) is 0 Å². The van der Waals surface area contributed by atoms with Crippen LogP contribution in [0.3, 0.4) is 0 Å². The van der Waals surface area contributed by atoms with Crippen molar-refractivity contribution in [3.8, 4) is 0 Å². The van der Waals surface area contributed by atoms with E-state index in [0.717, 1.165) is 5.56 Å². The van der Waals surface area contributed by atoms with Gasteiger partial charge in [-0.2, -0.15) is 0 Å². The monoisotopic (exact) mass is 400 g/mol. The van der Waals surface area contributed by atoms with Crippen LogP contribution in [0.2, 0.25) is 10.0 Å². The summed E-state index contributed by atoms with van der Waals surface area (Å²) in [5.74, 6) is -0.410. The molecule has 0 radical (unpaired) electrons. The van der Waals surface area contributed by atoms with E-state index in [1.807, 2.05) is 25.2 Å². The summed E-state index contributed by atoms with van der Waals surface area (Å²) in [5.41, 5.74) is 1.97. The molecule has 0 saturated carbocycles. The number of urea groups is 1. The van der Waals surface area contributed by atoms with E-state index in [4.69, 9.17) is 27.9 Å². The fourth-order valence-electron chi connectivity index (χ4n) is 2.92. The molecule has 0 unspecified atom stereocenters. The molecule has 2 rings (SSSR count). The maximum absolute atomic E-state index is 12.4. The van der Waals surface area contributed by atoms with Crippen molar-refractivity contribution in [2.75, 3.05) is 13.2 Å². The summed E-state index contributed by atoms with van der Waals surface area (Å²) in [6.07, 6.45) is 0.601. The van der Waals surface area contributed by atoms with Crippen molar-refractivity contribution >= 4 is 35.2 Å². The number of halogens is 2. The van der Waals surface area contributed by atoms with Gasteiger partial charge in [0, 0.05) is 10.6 Å². The summed E-state index contributed by atoms with van der Waals surface area (Å²) in [7, 11) is 0. The second kappa shape index (κ2) is 9.26. The van der Waals surface area contributed by atoms with Crippen LogP contribution in [-0.4, -0.2) is 31.2 Å². The number of nitrogens with one attached hydrogen (secondary N) is 2. The van der Waals surface area contributed by atoms with Gasteiger partial charge in [0.05, 0.1) is 28.9 Å². The zero-order valence-corrected chi connectivity index (χ0v) is 16.6. The van der Waals surface area contributed by atoms with Gasteiger partial charge in [0.2, 0.25) is 0 Å². The Morgan fingerprint density at radius 3 is 2.69 bits per heavy atom. The molecule has 0 aromatic heterocycles. The van der Waals surface area contributed by atoms with Crippen molar-refractivity contribution in [3.05, 3.63) is 45.1 Å². The van der Waals surface area contributed by atoms with Gasteiger partial charge in [-0.25, -0.2) is 9.59 Å². The molecule has 6 nitrogen and oxygen atoms in total. The molecular weight excluding hydrogens is 377 g/mol. The molecular formula is C18H24Cl2N3O3+. The number of amides is 2. The van der Waals surface area contributed by atoms with E-state index in [9.17, 15) is 9.59 Å². The summed E-state index contributed by atoms with van der Waals surface area (Å²) in [5, 5.41) is 8.67. The minimum Gasteiger partial charge on any atom is -0.463 e. The SMILES string of the molecule is CCOC(=O)C1=C(C[NH2+][C@H](C)c2ccc(Cl)cc2Cl)NC(=O)N[C@@H]1CC. The summed E-state index contributed by atoms with van der Waals surface area (Å²) in [6, 6.07) is 4.71. The van der Waals surface area contributed by atoms with Crippen LogP contribution in [0.25, 0.3) is 0 Å². The highest BCUT2D eigenvalue weighted by Crippen LogP contribution is 2.24. The molecule has 2 atom stereocenters. The fourth-order valence-corrected chi connectivity index (χ4v) is 3.50. The molecule has 1 aliphatic rings. The molecule has 1 aliphatic heterocycles. The second-order valence-corrected chi connectivity index (χ2v) is 6.91. The van der Waals surface area contributed by atoms with Gasteiger partial charge in [-0.1, -0.05) is 36.2 Å². The van der Waals surface area contributed by atoms with Crippen molar-refractivity contribution in [1.82, 2.24) is 10.6 Å². The van der Waals surface area contributed by atoms with E-state index >= 15 is 0 Å². The molecule has 0 aliphatic carbocycles. The first-order chi connectivity index (χ1) is 12.4. The summed E-state index contributed by atoms with van der Waals surface area (Å²) < 4.78 is 5.16. The first kappa shape index (κ1) is 20.6. The Balaban J connectivity index is 2.21. The van der Waals surface area contributed by atoms with E-state index in [2.05, 4.69) is 10.6 Å². The Morgan fingerprint density at radius 1 is 1.35 bits per heavy atom. The van der Waals surface area contributed by atoms with Gasteiger partial charge in [0.15, 0.2) is 0 Å². The third kappa shape index (κ3) is 4.90. The third-order valence-corrected chi connectivity index (χ3v) is 4.84. The number of hydrogen-bond acceptors (Lipinski definition) is 3. The molecule has 26 heavy (non-hydrogen) atoms. The maximum atomic E-state index is 12.4. The zero-order valence-electron chi connectivity index (χ0n) is 15.1. The smallest absolute Gasteiger partial charge is 0.338 e. The Hall–Kier alpha value is -1.76. The molecule has 0 spiro atoms. The number of ether oxygens (including phenoxy) is 1. The highest BCUT2D eigenvalue weighted by atomic mass is 35.5. The molecule has 142 valence electrons. The summed E-state index contributed by atoms with van der Waals surface area (Å²) in [4.78, 5) is 24.3. The minimum atomic E-state index is -0.410. The highest BCUT2D eigenvalue weighted by molar-refractivity contribution is 6.35. The van der Waals surface area contributed by atoms with Crippen molar-refractivity contribution in [2.45, 2.75) is 39.3 Å². The van der Waals surface area contributed by atoms with E-state index in [1.54, 1.807) is 19.1 Å². The number of quaternary nitrogens is 1. The molecule has 2 amide bonds. The number of carbonyl (C=O) groups is 2. The van der Waals surface area contributed by atoms with Crippen LogP contribution in [0.1, 0.15) is 38.8 Å². The van der Waals surface area contributed by atoms with Crippen LogP contribution < -0.4 is 16.0 Å². The lowest BCUT2D eigenvalue weighted by Crippen LogP contribution is -2.86. The van der Waals surface area contributed by atoms with E-state index in [1.165, 1.54) is 0 Å². The number of hydrogen-bond donors (Lipinski definition) is 3. The van der Waals surface area contributed by atoms with Gasteiger partial charge in [-0.05, 0) is 32.4 Å². The van der Waals surface area contributed by atoms with Crippen molar-refractivity contribution in [1.29, 1.82) is 0 Å². The highest BCUT2D eigenvalue weighted by Gasteiger charge is 2.32. The van der Waals surface area contributed by atoms with Gasteiger partial charge >= 0.3 is 12.0 Å². The molecule has 0 fully saturated rings. The number of nitrogens with two attached hydrogens (primary N) is 1. The molecule has 8 heteroatoms. The largest absolute Gasteiger partial charge is 0.463 e. The van der Waals surface area contributed by atoms with Gasteiger partial charge in [-0.15, -0.1) is 0 Å². The Kier molecular flexibility index (Phi) is 7.32. The lowest BCUT2D eigenvalue weighted by atomic mass is 10.00. The number of benzene rings is 1. The van der Waals surface area contributed by atoms with Gasteiger partial charge in [0.25, 0.3) is 0 Å². The average molecular weight is 401 g/mol. The van der Waals surface area contributed by atoms with E-state index < -0.39 is 5.97 Å². The average Bonchev–Trinajstić information content (AvgIpc) is 2.59. The fraction of sp³-hybridized carbons (Fsp3) is 0.444. The number of carbonyl (C=O) groups excluding carboxylic acids is 2. The maximum Gasteiger partial charge on any atom is 0.338 e. The lowest BCUT2D eigenvalue weighted by Gasteiger charge is -2.28. The van der Waals surface area contributed by atoms with E-state index in [-0.39, 0.29) is 24.7 Å². The van der Waals surface area contributed by atoms with Crippen LogP contribution in [0.15, 0.2) is 29.5 Å². The van der Waals surface area contributed by atoms with Crippen molar-refractivity contribution < 1.29 is 19.6 Å².